The molecule has 1 saturated heterocycles. The predicted octanol–water partition coefficient (Wildman–Crippen LogP) is 0.716. The van der Waals surface area contributed by atoms with E-state index in [-0.39, 0.29) is 5.91 Å². The number of hydrogen-bond donors (Lipinski definition) is 2. The number of carbonyl (C=O) groups is 1. The van der Waals surface area contributed by atoms with Crippen molar-refractivity contribution in [1.29, 1.82) is 0 Å². The Kier molecular flexibility index (Phi) is 4.80. The average molecular weight is 239 g/mol. The minimum Gasteiger partial charge on any atom is -0.370 e. The van der Waals surface area contributed by atoms with Gasteiger partial charge in [0.25, 0.3) is 0 Å². The second-order valence-electron chi connectivity index (χ2n) is 5.54. The van der Waals surface area contributed by atoms with Crippen LogP contribution >= 0.6 is 0 Å². The molecule has 17 heavy (non-hydrogen) atoms. The molecular formula is C13H25N3O. The van der Waals surface area contributed by atoms with Crippen LogP contribution < -0.4 is 11.1 Å². The third-order valence-electron chi connectivity index (χ3n) is 3.86. The van der Waals surface area contributed by atoms with E-state index in [1.54, 1.807) is 0 Å². The van der Waals surface area contributed by atoms with Crippen molar-refractivity contribution in [2.24, 2.45) is 11.7 Å². The molecule has 1 amide bonds. The van der Waals surface area contributed by atoms with Gasteiger partial charge in [0.15, 0.2) is 0 Å². The van der Waals surface area contributed by atoms with Crippen molar-refractivity contribution in [2.75, 3.05) is 26.2 Å². The maximum atomic E-state index is 10.8. The number of nitrogens with zero attached hydrogens (tertiary/aromatic N) is 1. The minimum atomic E-state index is -0.142. The van der Waals surface area contributed by atoms with Gasteiger partial charge in [-0.1, -0.05) is 0 Å². The number of nitrogens with two attached hydrogens (primary N) is 1. The van der Waals surface area contributed by atoms with Crippen LogP contribution in [0.15, 0.2) is 0 Å². The SMILES string of the molecule is NC(=O)CC1CCN(CCCNC2CC2)CC1. The van der Waals surface area contributed by atoms with Gasteiger partial charge in [-0.15, -0.1) is 0 Å². The summed E-state index contributed by atoms with van der Waals surface area (Å²) in [7, 11) is 0. The fourth-order valence-electron chi connectivity index (χ4n) is 2.59. The lowest BCUT2D eigenvalue weighted by Gasteiger charge is -2.31. The molecule has 4 nitrogen and oxygen atoms in total. The summed E-state index contributed by atoms with van der Waals surface area (Å²) in [5.41, 5.74) is 5.23. The van der Waals surface area contributed by atoms with E-state index >= 15 is 0 Å². The molecular weight excluding hydrogens is 214 g/mol. The Morgan fingerprint density at radius 2 is 1.94 bits per heavy atom. The second-order valence-corrected chi connectivity index (χ2v) is 5.54. The quantitative estimate of drug-likeness (QED) is 0.644. The third-order valence-corrected chi connectivity index (χ3v) is 3.86. The van der Waals surface area contributed by atoms with Crippen molar-refractivity contribution in [3.8, 4) is 0 Å². The highest BCUT2D eigenvalue weighted by atomic mass is 16.1. The maximum Gasteiger partial charge on any atom is 0.217 e. The first-order valence-corrected chi connectivity index (χ1v) is 6.98. The fourth-order valence-corrected chi connectivity index (χ4v) is 2.59. The van der Waals surface area contributed by atoms with Gasteiger partial charge in [-0.3, -0.25) is 4.79 Å². The van der Waals surface area contributed by atoms with E-state index in [1.165, 1.54) is 25.8 Å². The van der Waals surface area contributed by atoms with Crippen LogP contribution in [0.3, 0.4) is 0 Å². The largest absolute Gasteiger partial charge is 0.370 e. The fraction of sp³-hybridized carbons (Fsp3) is 0.923. The molecule has 4 heteroatoms. The molecule has 2 rings (SSSR count). The number of nitrogens with one attached hydrogen (secondary N) is 1. The number of rotatable bonds is 7. The lowest BCUT2D eigenvalue weighted by Crippen LogP contribution is -2.36. The monoisotopic (exact) mass is 239 g/mol. The Labute approximate surface area is 104 Å². The van der Waals surface area contributed by atoms with Gasteiger partial charge in [0.05, 0.1) is 0 Å². The summed E-state index contributed by atoms with van der Waals surface area (Å²) in [5, 5.41) is 3.54. The molecule has 0 atom stereocenters. The van der Waals surface area contributed by atoms with Crippen LogP contribution in [0.1, 0.15) is 38.5 Å². The molecule has 0 unspecified atom stereocenters. The first-order valence-electron chi connectivity index (χ1n) is 6.98. The molecule has 1 aliphatic heterocycles. The summed E-state index contributed by atoms with van der Waals surface area (Å²) < 4.78 is 0. The lowest BCUT2D eigenvalue weighted by atomic mass is 9.93. The van der Waals surface area contributed by atoms with Crippen LogP contribution in [0.2, 0.25) is 0 Å². The Morgan fingerprint density at radius 3 is 2.53 bits per heavy atom. The highest BCUT2D eigenvalue weighted by Crippen LogP contribution is 2.20. The summed E-state index contributed by atoms with van der Waals surface area (Å²) >= 11 is 0. The first-order chi connectivity index (χ1) is 8.24. The zero-order chi connectivity index (χ0) is 12.1. The molecule has 3 N–H and O–H groups in total. The topological polar surface area (TPSA) is 58.4 Å². The number of primary amides is 1. The number of likely N-dealkylation sites (tertiary alicyclic amines) is 1. The molecule has 0 spiro atoms. The zero-order valence-corrected chi connectivity index (χ0v) is 10.7. The minimum absolute atomic E-state index is 0.142. The summed E-state index contributed by atoms with van der Waals surface area (Å²) in [5.74, 6) is 0.394. The van der Waals surface area contributed by atoms with Crippen molar-refractivity contribution in [2.45, 2.75) is 44.6 Å². The third kappa shape index (κ3) is 5.04. The summed E-state index contributed by atoms with van der Waals surface area (Å²) in [6.07, 6.45) is 6.85. The predicted molar refractivity (Wildman–Crippen MR) is 68.6 cm³/mol. The van der Waals surface area contributed by atoms with Crippen molar-refractivity contribution >= 4 is 5.91 Å². The van der Waals surface area contributed by atoms with Crippen molar-refractivity contribution in [3.63, 3.8) is 0 Å². The van der Waals surface area contributed by atoms with Gasteiger partial charge in [-0.2, -0.15) is 0 Å². The molecule has 1 aliphatic carbocycles. The van der Waals surface area contributed by atoms with Crippen molar-refractivity contribution < 1.29 is 4.79 Å². The number of amides is 1. The Morgan fingerprint density at radius 1 is 1.24 bits per heavy atom. The van der Waals surface area contributed by atoms with Crippen LogP contribution in [0.25, 0.3) is 0 Å². The molecule has 98 valence electrons. The molecule has 0 aromatic rings. The van der Waals surface area contributed by atoms with Crippen LogP contribution in [0.4, 0.5) is 0 Å². The highest BCUT2D eigenvalue weighted by Gasteiger charge is 2.21. The summed E-state index contributed by atoms with van der Waals surface area (Å²) in [4.78, 5) is 13.3. The van der Waals surface area contributed by atoms with E-state index in [9.17, 15) is 4.79 Å². The van der Waals surface area contributed by atoms with E-state index < -0.39 is 0 Å². The summed E-state index contributed by atoms with van der Waals surface area (Å²) in [6.45, 7) is 4.64. The van der Waals surface area contributed by atoms with Gasteiger partial charge in [0.1, 0.15) is 0 Å². The number of carbonyl (C=O) groups excluding carboxylic acids is 1. The van der Waals surface area contributed by atoms with Gasteiger partial charge in [0.2, 0.25) is 5.91 Å². The zero-order valence-electron chi connectivity index (χ0n) is 10.7. The van der Waals surface area contributed by atoms with E-state index in [0.29, 0.717) is 12.3 Å². The van der Waals surface area contributed by atoms with Gasteiger partial charge in [0, 0.05) is 12.5 Å². The molecule has 1 saturated carbocycles. The molecule has 1 heterocycles. The van der Waals surface area contributed by atoms with Crippen LogP contribution in [0.5, 0.6) is 0 Å². The Balaban J connectivity index is 1.50. The highest BCUT2D eigenvalue weighted by molar-refractivity contribution is 5.73. The van der Waals surface area contributed by atoms with Crippen LogP contribution in [-0.2, 0) is 4.79 Å². The van der Waals surface area contributed by atoms with E-state index in [2.05, 4.69) is 10.2 Å². The molecule has 0 aromatic carbocycles. The number of piperidine rings is 1. The average Bonchev–Trinajstić information content (AvgIpc) is 3.10. The van der Waals surface area contributed by atoms with Gasteiger partial charge in [-0.25, -0.2) is 0 Å². The number of hydrogen-bond acceptors (Lipinski definition) is 3. The second kappa shape index (κ2) is 6.36. The molecule has 0 radical (unpaired) electrons. The summed E-state index contributed by atoms with van der Waals surface area (Å²) in [6, 6.07) is 0.830. The van der Waals surface area contributed by atoms with Crippen LogP contribution in [-0.4, -0.2) is 43.0 Å². The Bertz CT molecular complexity index is 245. The maximum absolute atomic E-state index is 10.8. The van der Waals surface area contributed by atoms with Crippen LogP contribution in [0, 0.1) is 5.92 Å². The lowest BCUT2D eigenvalue weighted by molar-refractivity contribution is -0.119. The van der Waals surface area contributed by atoms with Gasteiger partial charge < -0.3 is 16.0 Å². The Hall–Kier alpha value is -0.610. The normalized spacial score (nSPS) is 22.8. The molecule has 0 bridgehead atoms. The molecule has 0 aromatic heterocycles. The molecule has 2 fully saturated rings. The van der Waals surface area contributed by atoms with Crippen molar-refractivity contribution in [1.82, 2.24) is 10.2 Å². The van der Waals surface area contributed by atoms with E-state index in [4.69, 9.17) is 5.73 Å². The first kappa shape index (κ1) is 12.8. The van der Waals surface area contributed by atoms with Gasteiger partial charge >= 0.3 is 0 Å². The standard InChI is InChI=1S/C13H25N3O/c14-13(17)10-11-4-8-16(9-5-11)7-1-6-15-12-2-3-12/h11-12,15H,1-10H2,(H2,14,17). The molecule has 2 aliphatic rings. The van der Waals surface area contributed by atoms with Gasteiger partial charge in [-0.05, 0) is 64.2 Å². The van der Waals surface area contributed by atoms with E-state index in [0.717, 1.165) is 38.5 Å². The van der Waals surface area contributed by atoms with Crippen molar-refractivity contribution in [3.05, 3.63) is 0 Å². The van der Waals surface area contributed by atoms with E-state index in [1.807, 2.05) is 0 Å². The smallest absolute Gasteiger partial charge is 0.217 e.